The highest BCUT2D eigenvalue weighted by Crippen LogP contribution is 2.17. The van der Waals surface area contributed by atoms with Gasteiger partial charge in [-0.15, -0.1) is 23.5 Å². The molecule has 0 saturated carbocycles. The van der Waals surface area contributed by atoms with Crippen molar-refractivity contribution in [3.05, 3.63) is 23.8 Å². The Kier molecular flexibility index (Phi) is 5.41. The van der Waals surface area contributed by atoms with Crippen molar-refractivity contribution in [1.82, 2.24) is 0 Å². The van der Waals surface area contributed by atoms with Gasteiger partial charge in [0.2, 0.25) is 0 Å². The normalized spacial score (nSPS) is 20.5. The number of thioether (sulfide) groups is 2. The van der Waals surface area contributed by atoms with E-state index in [9.17, 15) is 0 Å². The van der Waals surface area contributed by atoms with E-state index >= 15 is 0 Å². The second kappa shape index (κ2) is 6.36. The molecule has 0 aromatic rings. The van der Waals surface area contributed by atoms with Crippen LogP contribution in [0.3, 0.4) is 0 Å². The third-order valence-electron chi connectivity index (χ3n) is 2.08. The fraction of sp³-hybridized carbons (Fsp3) is 0.545. The Labute approximate surface area is 95.1 Å². The zero-order chi connectivity index (χ0) is 10.4. The molecule has 0 bridgehead atoms. The molecule has 0 N–H and O–H groups in total. The number of rotatable bonds is 2. The van der Waals surface area contributed by atoms with E-state index in [1.165, 1.54) is 12.0 Å². The van der Waals surface area contributed by atoms with E-state index in [0.717, 1.165) is 10.9 Å². The molecule has 1 aliphatic carbocycles. The number of aliphatic imine (C=N–C) groups is 1. The molecule has 3 heteroatoms. The molecule has 0 aliphatic heterocycles. The second-order valence-corrected chi connectivity index (χ2v) is 5.20. The van der Waals surface area contributed by atoms with Crippen LogP contribution in [0, 0.1) is 5.92 Å². The van der Waals surface area contributed by atoms with Gasteiger partial charge in [0.15, 0.2) is 0 Å². The minimum atomic E-state index is 0.678. The predicted octanol–water partition coefficient (Wildman–Crippen LogP) is 3.59. The quantitative estimate of drug-likeness (QED) is 0.528. The first kappa shape index (κ1) is 11.9. The average molecular weight is 227 g/mol. The van der Waals surface area contributed by atoms with Crippen LogP contribution in [0.2, 0.25) is 0 Å². The lowest BCUT2D eigenvalue weighted by Crippen LogP contribution is -1.98. The van der Waals surface area contributed by atoms with Crippen LogP contribution in [-0.2, 0) is 0 Å². The Morgan fingerprint density at radius 1 is 1.50 bits per heavy atom. The first-order valence-corrected chi connectivity index (χ1v) is 7.21. The molecule has 0 amide bonds. The van der Waals surface area contributed by atoms with Gasteiger partial charge in [-0.05, 0) is 30.4 Å². The number of hydrogen-bond acceptors (Lipinski definition) is 3. The predicted molar refractivity (Wildman–Crippen MR) is 70.3 cm³/mol. The van der Waals surface area contributed by atoms with E-state index in [-0.39, 0.29) is 0 Å². The first-order chi connectivity index (χ1) is 6.76. The van der Waals surface area contributed by atoms with E-state index in [2.05, 4.69) is 42.7 Å². The fourth-order valence-electron chi connectivity index (χ4n) is 1.40. The van der Waals surface area contributed by atoms with Crippen molar-refractivity contribution in [2.75, 3.05) is 19.1 Å². The molecule has 0 fully saturated rings. The molecule has 0 aromatic heterocycles. The minimum absolute atomic E-state index is 0.678. The molecule has 0 saturated heterocycles. The van der Waals surface area contributed by atoms with Crippen LogP contribution >= 0.6 is 23.5 Å². The second-order valence-electron chi connectivity index (χ2n) is 3.35. The van der Waals surface area contributed by atoms with Gasteiger partial charge >= 0.3 is 0 Å². The van der Waals surface area contributed by atoms with E-state index in [4.69, 9.17) is 0 Å². The van der Waals surface area contributed by atoms with Gasteiger partial charge in [-0.3, -0.25) is 4.99 Å². The maximum atomic E-state index is 4.54. The lowest BCUT2D eigenvalue weighted by atomic mass is 9.98. The summed E-state index contributed by atoms with van der Waals surface area (Å²) < 4.78 is 1.16. The smallest absolute Gasteiger partial charge is 0.124 e. The highest BCUT2D eigenvalue weighted by Gasteiger charge is 2.03. The Hall–Kier alpha value is -0.150. The summed E-state index contributed by atoms with van der Waals surface area (Å²) in [4.78, 5) is 4.54. The molecular formula is C11H17NS2. The van der Waals surface area contributed by atoms with Gasteiger partial charge in [-0.2, -0.15) is 0 Å². The Balaban J connectivity index is 2.52. The van der Waals surface area contributed by atoms with Crippen LogP contribution in [0.5, 0.6) is 0 Å². The first-order valence-electron chi connectivity index (χ1n) is 4.76. The largest absolute Gasteiger partial charge is 0.267 e. The highest BCUT2D eigenvalue weighted by atomic mass is 32.2. The molecule has 1 nitrogen and oxygen atoms in total. The lowest BCUT2D eigenvalue weighted by molar-refractivity contribution is 0.726. The molecule has 1 rings (SSSR count). The summed E-state index contributed by atoms with van der Waals surface area (Å²) in [6.07, 6.45) is 12.1. The number of nitrogens with zero attached hydrogens (tertiary/aromatic N) is 1. The van der Waals surface area contributed by atoms with Crippen molar-refractivity contribution < 1.29 is 0 Å². The van der Waals surface area contributed by atoms with Gasteiger partial charge in [0.05, 0.1) is 6.54 Å². The van der Waals surface area contributed by atoms with Crippen LogP contribution in [0.1, 0.15) is 13.3 Å². The molecule has 14 heavy (non-hydrogen) atoms. The summed E-state index contributed by atoms with van der Waals surface area (Å²) in [6.45, 7) is 3.08. The summed E-state index contributed by atoms with van der Waals surface area (Å²) in [5.74, 6) is 0.678. The van der Waals surface area contributed by atoms with Crippen LogP contribution in [0.15, 0.2) is 28.8 Å². The van der Waals surface area contributed by atoms with Crippen molar-refractivity contribution in [3.63, 3.8) is 0 Å². The van der Waals surface area contributed by atoms with Crippen LogP contribution in [0.4, 0.5) is 0 Å². The summed E-state index contributed by atoms with van der Waals surface area (Å²) in [5, 5.41) is 0. The number of allylic oxidation sites excluding steroid dienone is 2. The highest BCUT2D eigenvalue weighted by molar-refractivity contribution is 8.38. The van der Waals surface area contributed by atoms with Crippen molar-refractivity contribution in [2.45, 2.75) is 13.3 Å². The van der Waals surface area contributed by atoms with E-state index in [1.807, 2.05) is 0 Å². The summed E-state index contributed by atoms with van der Waals surface area (Å²) in [6, 6.07) is 0. The lowest BCUT2D eigenvalue weighted by Gasteiger charge is -2.10. The molecule has 0 heterocycles. The van der Waals surface area contributed by atoms with Gasteiger partial charge in [0, 0.05) is 0 Å². The zero-order valence-electron chi connectivity index (χ0n) is 8.99. The number of hydrogen-bond donors (Lipinski definition) is 0. The molecule has 0 radical (unpaired) electrons. The Morgan fingerprint density at radius 2 is 2.21 bits per heavy atom. The van der Waals surface area contributed by atoms with Crippen LogP contribution in [-0.4, -0.2) is 23.4 Å². The van der Waals surface area contributed by atoms with Crippen molar-refractivity contribution in [3.8, 4) is 0 Å². The molecule has 1 unspecified atom stereocenters. The van der Waals surface area contributed by atoms with Crippen molar-refractivity contribution in [1.29, 1.82) is 0 Å². The van der Waals surface area contributed by atoms with E-state index in [0.29, 0.717) is 5.92 Å². The Morgan fingerprint density at radius 3 is 2.79 bits per heavy atom. The van der Waals surface area contributed by atoms with Gasteiger partial charge in [0.25, 0.3) is 0 Å². The fourth-order valence-corrected chi connectivity index (χ4v) is 2.45. The minimum Gasteiger partial charge on any atom is -0.267 e. The van der Waals surface area contributed by atoms with Gasteiger partial charge in [-0.1, -0.05) is 25.2 Å². The van der Waals surface area contributed by atoms with E-state index < -0.39 is 0 Å². The Bertz CT molecular complexity index is 260. The van der Waals surface area contributed by atoms with Crippen LogP contribution in [0.25, 0.3) is 0 Å². The molecule has 0 spiro atoms. The maximum Gasteiger partial charge on any atom is 0.124 e. The average Bonchev–Trinajstić information content (AvgIpc) is 2.19. The molecule has 1 atom stereocenters. The summed E-state index contributed by atoms with van der Waals surface area (Å²) >= 11 is 3.44. The maximum absolute atomic E-state index is 4.54. The standard InChI is InChI=1S/C11H17NS2/c1-9-5-4-6-10(7-9)8-12-11(13-2)14-3/h4,6-7,9H,5,8H2,1-3H3. The monoisotopic (exact) mass is 227 g/mol. The van der Waals surface area contributed by atoms with Gasteiger partial charge in [0.1, 0.15) is 4.38 Å². The third-order valence-corrected chi connectivity index (χ3v) is 4.04. The molecule has 1 aliphatic rings. The molecule has 0 aromatic carbocycles. The summed E-state index contributed by atoms with van der Waals surface area (Å²) in [7, 11) is 0. The van der Waals surface area contributed by atoms with Crippen LogP contribution < -0.4 is 0 Å². The molecule has 78 valence electrons. The zero-order valence-corrected chi connectivity index (χ0v) is 10.6. The van der Waals surface area contributed by atoms with Crippen molar-refractivity contribution in [2.24, 2.45) is 10.9 Å². The SMILES string of the molecule is CSC(=NCC1=CC(C)CC=C1)SC. The summed E-state index contributed by atoms with van der Waals surface area (Å²) in [5.41, 5.74) is 1.35. The third kappa shape index (κ3) is 3.93. The van der Waals surface area contributed by atoms with Gasteiger partial charge < -0.3 is 0 Å². The van der Waals surface area contributed by atoms with Gasteiger partial charge in [-0.25, -0.2) is 0 Å². The van der Waals surface area contributed by atoms with E-state index in [1.54, 1.807) is 23.5 Å². The van der Waals surface area contributed by atoms with Crippen molar-refractivity contribution >= 4 is 27.9 Å². The molecular weight excluding hydrogens is 210 g/mol. The topological polar surface area (TPSA) is 12.4 Å².